The van der Waals surface area contributed by atoms with Crippen LogP contribution >= 0.6 is 0 Å². The molecule has 7 heteroatoms. The Kier molecular flexibility index (Phi) is 6.15. The number of carboxylic acids is 2. The van der Waals surface area contributed by atoms with Crippen molar-refractivity contribution >= 4 is 23.4 Å². The van der Waals surface area contributed by atoms with Crippen LogP contribution in [0.1, 0.15) is 54.9 Å². The first-order valence-electron chi connectivity index (χ1n) is 9.59. The van der Waals surface area contributed by atoms with Crippen molar-refractivity contribution in [2.45, 2.75) is 20.8 Å². The molecule has 2 aromatic carbocycles. The van der Waals surface area contributed by atoms with Crippen LogP contribution in [0.15, 0.2) is 59.6 Å². The third-order valence-electron chi connectivity index (χ3n) is 5.05. The van der Waals surface area contributed by atoms with Gasteiger partial charge in [-0.15, -0.1) is 0 Å². The number of carbonyl (C=O) groups excluding carboxylic acids is 1. The summed E-state index contributed by atoms with van der Waals surface area (Å²) >= 11 is 0. The molecule has 0 unspecified atom stereocenters. The van der Waals surface area contributed by atoms with E-state index in [-0.39, 0.29) is 23.5 Å². The maximum atomic E-state index is 12.8. The van der Waals surface area contributed by atoms with Gasteiger partial charge in [-0.05, 0) is 62.7 Å². The maximum absolute atomic E-state index is 12.8. The average Bonchev–Trinajstić information content (AvgIpc) is 3.09. The molecule has 0 saturated carbocycles. The second-order valence-corrected chi connectivity index (χ2v) is 7.20. The Balaban J connectivity index is 1.91. The topological polar surface area (TPSA) is 109 Å². The summed E-state index contributed by atoms with van der Waals surface area (Å²) in [6, 6.07) is 14.6. The number of carbonyl (C=O) groups is 3. The predicted octanol–water partition coefficient (Wildman–Crippen LogP) is 4.18. The lowest BCUT2D eigenvalue weighted by molar-refractivity contribution is 0.0686. The summed E-state index contributed by atoms with van der Waals surface area (Å²) in [7, 11) is 0. The molecule has 0 atom stereocenters. The average molecular weight is 418 g/mol. The first kappa shape index (κ1) is 21.7. The zero-order chi connectivity index (χ0) is 22.7. The van der Waals surface area contributed by atoms with Gasteiger partial charge in [-0.25, -0.2) is 9.59 Å². The summed E-state index contributed by atoms with van der Waals surface area (Å²) in [5.41, 5.74) is 3.89. The fraction of sp³-hybridized carbons (Fsp3) is 0.167. The predicted molar refractivity (Wildman–Crippen MR) is 117 cm³/mol. The third kappa shape index (κ3) is 4.61. The molecule has 0 saturated heterocycles. The van der Waals surface area contributed by atoms with Gasteiger partial charge in [0.2, 0.25) is 0 Å². The minimum absolute atomic E-state index is 0.101. The Morgan fingerprint density at radius 3 is 2.10 bits per heavy atom. The van der Waals surface area contributed by atoms with E-state index in [0.717, 1.165) is 11.4 Å². The van der Waals surface area contributed by atoms with E-state index in [1.54, 1.807) is 29.7 Å². The Hall–Kier alpha value is -4.00. The highest BCUT2D eigenvalue weighted by atomic mass is 16.4. The van der Waals surface area contributed by atoms with Gasteiger partial charge in [-0.1, -0.05) is 18.2 Å². The smallest absolute Gasteiger partial charge is 0.337 e. The van der Waals surface area contributed by atoms with E-state index >= 15 is 0 Å². The van der Waals surface area contributed by atoms with Gasteiger partial charge in [-0.3, -0.25) is 9.79 Å². The first-order chi connectivity index (χ1) is 14.7. The van der Waals surface area contributed by atoms with Crippen LogP contribution in [0, 0.1) is 13.8 Å². The molecule has 7 nitrogen and oxygen atoms in total. The van der Waals surface area contributed by atoms with Gasteiger partial charge in [0.1, 0.15) is 6.54 Å². The standard InChI is InChI=1S/C24H22N2O5/c1-14-7-8-15(2)26(14)21-12-18(9-10-20(21)24(30)31)22(27)13-25-16(3)17-5-4-6-19(11-17)23(28)29/h4-12H,13H2,1-3H3,(H,28,29)(H,30,31). The van der Waals surface area contributed by atoms with Gasteiger partial charge in [0.25, 0.3) is 0 Å². The van der Waals surface area contributed by atoms with E-state index < -0.39 is 11.9 Å². The van der Waals surface area contributed by atoms with E-state index in [4.69, 9.17) is 5.11 Å². The normalized spacial score (nSPS) is 11.4. The minimum Gasteiger partial charge on any atom is -0.478 e. The molecule has 0 aliphatic rings. The molecular weight excluding hydrogens is 396 g/mol. The lowest BCUT2D eigenvalue weighted by Gasteiger charge is -2.14. The van der Waals surface area contributed by atoms with Gasteiger partial charge >= 0.3 is 11.9 Å². The molecule has 1 aromatic heterocycles. The number of aliphatic imine (C=N–C) groups is 1. The number of aryl methyl sites for hydroxylation is 2. The second-order valence-electron chi connectivity index (χ2n) is 7.20. The number of nitrogens with zero attached hydrogens (tertiary/aromatic N) is 2. The third-order valence-corrected chi connectivity index (χ3v) is 5.05. The first-order valence-corrected chi connectivity index (χ1v) is 9.59. The number of benzene rings is 2. The molecule has 3 aromatic rings. The van der Waals surface area contributed by atoms with Crippen molar-refractivity contribution in [1.29, 1.82) is 0 Å². The number of hydrogen-bond donors (Lipinski definition) is 2. The lowest BCUT2D eigenvalue weighted by Crippen LogP contribution is -2.12. The highest BCUT2D eigenvalue weighted by molar-refractivity contribution is 6.04. The molecule has 2 N–H and O–H groups in total. The van der Waals surface area contributed by atoms with Crippen LogP contribution in [0.5, 0.6) is 0 Å². The Morgan fingerprint density at radius 1 is 0.839 bits per heavy atom. The van der Waals surface area contributed by atoms with E-state index in [0.29, 0.717) is 22.5 Å². The molecule has 0 bridgehead atoms. The number of Topliss-reactive ketones (excluding diaryl/α,β-unsaturated/α-hetero) is 1. The van der Waals surface area contributed by atoms with E-state index in [1.165, 1.54) is 24.3 Å². The molecule has 0 aliphatic carbocycles. The molecule has 0 spiro atoms. The summed E-state index contributed by atoms with van der Waals surface area (Å²) in [4.78, 5) is 39.9. The lowest BCUT2D eigenvalue weighted by atomic mass is 10.0. The number of hydrogen-bond acceptors (Lipinski definition) is 4. The fourth-order valence-corrected chi connectivity index (χ4v) is 3.37. The van der Waals surface area contributed by atoms with Crippen molar-refractivity contribution in [3.05, 3.63) is 88.2 Å². The van der Waals surface area contributed by atoms with Crippen molar-refractivity contribution in [3.8, 4) is 5.69 Å². The highest BCUT2D eigenvalue weighted by Gasteiger charge is 2.17. The highest BCUT2D eigenvalue weighted by Crippen LogP contribution is 2.22. The van der Waals surface area contributed by atoms with Crippen LogP contribution in [-0.2, 0) is 0 Å². The van der Waals surface area contributed by atoms with E-state index in [1.807, 2.05) is 26.0 Å². The zero-order valence-electron chi connectivity index (χ0n) is 17.4. The molecule has 0 amide bonds. The molecule has 0 fully saturated rings. The summed E-state index contributed by atoms with van der Waals surface area (Å²) in [5, 5.41) is 18.7. The van der Waals surface area contributed by atoms with Crippen molar-refractivity contribution < 1.29 is 24.6 Å². The van der Waals surface area contributed by atoms with Gasteiger partial charge in [0.15, 0.2) is 5.78 Å². The maximum Gasteiger partial charge on any atom is 0.337 e. The molecule has 3 rings (SSSR count). The van der Waals surface area contributed by atoms with Crippen LogP contribution in [0.25, 0.3) is 5.69 Å². The Morgan fingerprint density at radius 2 is 1.48 bits per heavy atom. The summed E-state index contributed by atoms with van der Waals surface area (Å²) < 4.78 is 1.80. The van der Waals surface area contributed by atoms with Crippen molar-refractivity contribution in [3.63, 3.8) is 0 Å². The van der Waals surface area contributed by atoms with Crippen LogP contribution in [0.4, 0.5) is 0 Å². The largest absolute Gasteiger partial charge is 0.478 e. The van der Waals surface area contributed by atoms with Gasteiger partial charge in [0, 0.05) is 22.7 Å². The number of carboxylic acid groups (broad SMARTS) is 2. The molecular formula is C24H22N2O5. The van der Waals surface area contributed by atoms with E-state index in [9.17, 15) is 19.5 Å². The number of ketones is 1. The van der Waals surface area contributed by atoms with Gasteiger partial charge in [-0.2, -0.15) is 0 Å². The molecule has 0 aliphatic heterocycles. The number of rotatable bonds is 7. The number of aromatic carboxylic acids is 2. The van der Waals surface area contributed by atoms with Crippen LogP contribution < -0.4 is 0 Å². The Bertz CT molecular complexity index is 1200. The van der Waals surface area contributed by atoms with Crippen molar-refractivity contribution in [2.75, 3.05) is 6.54 Å². The molecule has 158 valence electrons. The van der Waals surface area contributed by atoms with Crippen LogP contribution in [0.3, 0.4) is 0 Å². The van der Waals surface area contributed by atoms with Crippen molar-refractivity contribution in [1.82, 2.24) is 4.57 Å². The van der Waals surface area contributed by atoms with Gasteiger partial charge < -0.3 is 14.8 Å². The number of aromatic nitrogens is 1. The molecule has 0 radical (unpaired) electrons. The molecule has 1 heterocycles. The fourth-order valence-electron chi connectivity index (χ4n) is 3.37. The summed E-state index contributed by atoms with van der Waals surface area (Å²) in [6.07, 6.45) is 0. The monoisotopic (exact) mass is 418 g/mol. The second kappa shape index (κ2) is 8.79. The quantitative estimate of drug-likeness (QED) is 0.442. The minimum atomic E-state index is -1.08. The van der Waals surface area contributed by atoms with Crippen LogP contribution in [-0.4, -0.2) is 44.8 Å². The van der Waals surface area contributed by atoms with Crippen molar-refractivity contribution in [2.24, 2.45) is 4.99 Å². The summed E-state index contributed by atoms with van der Waals surface area (Å²) in [5.74, 6) is -2.38. The zero-order valence-corrected chi connectivity index (χ0v) is 17.4. The summed E-state index contributed by atoms with van der Waals surface area (Å²) in [6.45, 7) is 5.30. The SMILES string of the molecule is CC(=NCC(=O)c1ccc(C(=O)O)c(-n2c(C)ccc2C)c1)c1cccc(C(=O)O)c1. The van der Waals surface area contributed by atoms with E-state index in [2.05, 4.69) is 4.99 Å². The Labute approximate surface area is 179 Å². The van der Waals surface area contributed by atoms with Gasteiger partial charge in [0.05, 0.1) is 16.8 Å². The van der Waals surface area contributed by atoms with Crippen LogP contribution in [0.2, 0.25) is 0 Å². The molecule has 31 heavy (non-hydrogen) atoms.